The molecular formula is C29H38ClF. The Labute approximate surface area is 193 Å². The lowest BCUT2D eigenvalue weighted by atomic mass is 9.68. The highest BCUT2D eigenvalue weighted by Gasteiger charge is 2.30. The van der Waals surface area contributed by atoms with Gasteiger partial charge in [0.25, 0.3) is 0 Å². The van der Waals surface area contributed by atoms with Gasteiger partial charge in [-0.3, -0.25) is 0 Å². The third-order valence-electron chi connectivity index (χ3n) is 8.19. The van der Waals surface area contributed by atoms with Crippen LogP contribution in [0.5, 0.6) is 0 Å². The van der Waals surface area contributed by atoms with Crippen LogP contribution < -0.4 is 0 Å². The van der Waals surface area contributed by atoms with Crippen molar-refractivity contribution < 1.29 is 4.39 Å². The highest BCUT2D eigenvalue weighted by molar-refractivity contribution is 6.30. The molecule has 2 aromatic carbocycles. The lowest BCUT2D eigenvalue weighted by Gasteiger charge is -2.38. The maximum atomic E-state index is 13.7. The van der Waals surface area contributed by atoms with E-state index >= 15 is 0 Å². The van der Waals surface area contributed by atoms with Gasteiger partial charge in [0.1, 0.15) is 5.82 Å². The highest BCUT2D eigenvalue weighted by Crippen LogP contribution is 2.43. The molecule has 0 spiro atoms. The molecule has 2 aromatic rings. The minimum Gasteiger partial charge on any atom is -0.205 e. The van der Waals surface area contributed by atoms with Crippen molar-refractivity contribution in [1.82, 2.24) is 0 Å². The first-order valence-corrected chi connectivity index (χ1v) is 13.0. The van der Waals surface area contributed by atoms with E-state index in [1.54, 1.807) is 6.07 Å². The third kappa shape index (κ3) is 6.13. The summed E-state index contributed by atoms with van der Waals surface area (Å²) in [6.07, 6.45) is 17.1. The van der Waals surface area contributed by atoms with E-state index in [1.807, 2.05) is 6.07 Å². The molecule has 0 amide bonds. The first-order valence-electron chi connectivity index (χ1n) is 12.7. The van der Waals surface area contributed by atoms with Gasteiger partial charge >= 0.3 is 0 Å². The Hall–Kier alpha value is -1.34. The van der Waals surface area contributed by atoms with E-state index in [-0.39, 0.29) is 10.8 Å². The molecule has 0 N–H and O–H groups in total. The first-order chi connectivity index (χ1) is 15.1. The summed E-state index contributed by atoms with van der Waals surface area (Å²) in [5.41, 5.74) is 3.33. The second-order valence-electron chi connectivity index (χ2n) is 10.2. The Bertz CT molecular complexity index is 811. The zero-order valence-corrected chi connectivity index (χ0v) is 19.8. The highest BCUT2D eigenvalue weighted by atomic mass is 35.5. The van der Waals surface area contributed by atoms with Crippen molar-refractivity contribution in [2.24, 2.45) is 23.7 Å². The summed E-state index contributed by atoms with van der Waals surface area (Å²) in [7, 11) is 0. The maximum absolute atomic E-state index is 13.7. The molecule has 2 saturated carbocycles. The van der Waals surface area contributed by atoms with E-state index in [4.69, 9.17) is 11.6 Å². The molecule has 2 fully saturated rings. The van der Waals surface area contributed by atoms with Crippen molar-refractivity contribution in [1.29, 1.82) is 0 Å². The van der Waals surface area contributed by atoms with Crippen molar-refractivity contribution in [2.75, 3.05) is 0 Å². The third-order valence-corrected chi connectivity index (χ3v) is 8.50. The van der Waals surface area contributed by atoms with Crippen LogP contribution in [0.1, 0.15) is 83.1 Å². The van der Waals surface area contributed by atoms with Crippen LogP contribution in [0.3, 0.4) is 0 Å². The summed E-state index contributed by atoms with van der Waals surface area (Å²) in [6, 6.07) is 13.7. The molecule has 0 atom stereocenters. The maximum Gasteiger partial charge on any atom is 0.142 e. The fraction of sp³-hybridized carbons (Fsp3) is 0.586. The molecule has 0 aliphatic heterocycles. The molecule has 0 heterocycles. The number of benzene rings is 2. The van der Waals surface area contributed by atoms with Crippen LogP contribution >= 0.6 is 11.6 Å². The lowest BCUT2D eigenvalue weighted by molar-refractivity contribution is 0.141. The molecule has 31 heavy (non-hydrogen) atoms. The van der Waals surface area contributed by atoms with E-state index in [0.29, 0.717) is 0 Å². The molecule has 2 aliphatic carbocycles. The molecule has 4 rings (SSSR count). The topological polar surface area (TPSA) is 0 Å². The Kier molecular flexibility index (Phi) is 8.10. The molecule has 0 nitrogen and oxygen atoms in total. The lowest BCUT2D eigenvalue weighted by Crippen LogP contribution is -2.26. The SMILES string of the molecule is CCC[C@H]1CC[C@H]([C@H]2CC[C@H](CCc3ccc(-c4ccc(Cl)c(F)c4)cc3)CC2)CC1. The van der Waals surface area contributed by atoms with Crippen LogP contribution in [-0.4, -0.2) is 0 Å². The average molecular weight is 441 g/mol. The van der Waals surface area contributed by atoms with E-state index in [0.717, 1.165) is 41.2 Å². The summed E-state index contributed by atoms with van der Waals surface area (Å²) < 4.78 is 13.7. The predicted molar refractivity (Wildman–Crippen MR) is 131 cm³/mol. The van der Waals surface area contributed by atoms with Gasteiger partial charge in [0.05, 0.1) is 5.02 Å². The quantitative estimate of drug-likeness (QED) is 0.402. The van der Waals surface area contributed by atoms with Crippen molar-refractivity contribution in [3.8, 4) is 11.1 Å². The second kappa shape index (κ2) is 11.0. The zero-order chi connectivity index (χ0) is 21.6. The monoisotopic (exact) mass is 440 g/mol. The molecule has 168 valence electrons. The largest absolute Gasteiger partial charge is 0.205 e. The Balaban J connectivity index is 1.21. The van der Waals surface area contributed by atoms with Crippen molar-refractivity contribution in [3.05, 3.63) is 58.9 Å². The minimum atomic E-state index is -0.354. The standard InChI is InChI=1S/C29H38ClF/c1-2-3-21-6-12-24(13-7-21)25-14-8-22(9-15-25)4-5-23-10-16-26(17-11-23)27-18-19-28(30)29(31)20-27/h10-11,16-22,24-25H,2-9,12-15H2,1H3/t21-,22-,24-,25-. The molecular weight excluding hydrogens is 403 g/mol. The van der Waals surface area contributed by atoms with Gasteiger partial charge in [0, 0.05) is 0 Å². The van der Waals surface area contributed by atoms with E-state index in [9.17, 15) is 4.39 Å². The van der Waals surface area contributed by atoms with Crippen molar-refractivity contribution >= 4 is 11.6 Å². The number of rotatable bonds is 7. The van der Waals surface area contributed by atoms with Gasteiger partial charge in [-0.25, -0.2) is 4.39 Å². The van der Waals surface area contributed by atoms with E-state index in [2.05, 4.69) is 31.2 Å². The normalized spacial score (nSPS) is 26.7. The smallest absolute Gasteiger partial charge is 0.142 e. The molecule has 0 unspecified atom stereocenters. The first kappa shape index (κ1) is 22.8. The van der Waals surface area contributed by atoms with Crippen molar-refractivity contribution in [2.45, 2.75) is 84.0 Å². The summed E-state index contributed by atoms with van der Waals surface area (Å²) in [6.45, 7) is 2.34. The van der Waals surface area contributed by atoms with Crippen LogP contribution in [0, 0.1) is 29.5 Å². The van der Waals surface area contributed by atoms with Gasteiger partial charge in [0.15, 0.2) is 0 Å². The van der Waals surface area contributed by atoms with Gasteiger partial charge in [-0.15, -0.1) is 0 Å². The van der Waals surface area contributed by atoms with E-state index < -0.39 is 0 Å². The van der Waals surface area contributed by atoms with Crippen LogP contribution in [0.4, 0.5) is 4.39 Å². The summed E-state index contributed by atoms with van der Waals surface area (Å²) >= 11 is 5.80. The molecule has 0 saturated heterocycles. The zero-order valence-electron chi connectivity index (χ0n) is 19.1. The molecule has 2 aliphatic rings. The van der Waals surface area contributed by atoms with Gasteiger partial charge in [-0.1, -0.05) is 87.4 Å². The summed E-state index contributed by atoms with van der Waals surface area (Å²) in [5.74, 6) is 3.62. The van der Waals surface area contributed by atoms with Gasteiger partial charge in [0.2, 0.25) is 0 Å². The second-order valence-corrected chi connectivity index (χ2v) is 10.6. The van der Waals surface area contributed by atoms with Crippen molar-refractivity contribution in [3.63, 3.8) is 0 Å². The molecule has 2 heteroatoms. The van der Waals surface area contributed by atoms with Gasteiger partial charge < -0.3 is 0 Å². The van der Waals surface area contributed by atoms with Crippen LogP contribution in [0.15, 0.2) is 42.5 Å². The number of hydrogen-bond donors (Lipinski definition) is 0. The van der Waals surface area contributed by atoms with Crippen LogP contribution in [0.25, 0.3) is 11.1 Å². The van der Waals surface area contributed by atoms with Gasteiger partial charge in [-0.2, -0.15) is 0 Å². The number of halogens is 2. The minimum absolute atomic E-state index is 0.180. The van der Waals surface area contributed by atoms with Crippen LogP contribution in [0.2, 0.25) is 5.02 Å². The summed E-state index contributed by atoms with van der Waals surface area (Å²) in [5, 5.41) is 0.180. The molecule has 0 bridgehead atoms. The molecule has 0 radical (unpaired) electrons. The number of hydrogen-bond acceptors (Lipinski definition) is 0. The fourth-order valence-electron chi connectivity index (χ4n) is 6.22. The predicted octanol–water partition coefficient (Wildman–Crippen LogP) is 9.49. The number of aryl methyl sites for hydroxylation is 1. The average Bonchev–Trinajstić information content (AvgIpc) is 2.81. The summed E-state index contributed by atoms with van der Waals surface area (Å²) in [4.78, 5) is 0. The fourth-order valence-corrected chi connectivity index (χ4v) is 6.33. The Morgan fingerprint density at radius 1 is 0.742 bits per heavy atom. The van der Waals surface area contributed by atoms with E-state index in [1.165, 1.54) is 82.3 Å². The van der Waals surface area contributed by atoms with Crippen LogP contribution in [-0.2, 0) is 6.42 Å². The molecule has 0 aromatic heterocycles. The van der Waals surface area contributed by atoms with Gasteiger partial charge in [-0.05, 0) is 91.0 Å². The Morgan fingerprint density at radius 2 is 1.29 bits per heavy atom. The Morgan fingerprint density at radius 3 is 1.84 bits per heavy atom.